The van der Waals surface area contributed by atoms with Crippen molar-refractivity contribution in [1.29, 1.82) is 0 Å². The molecule has 2 fully saturated rings. The van der Waals surface area contributed by atoms with Crippen LogP contribution in [-0.2, 0) is 4.79 Å². The zero-order chi connectivity index (χ0) is 13.7. The molecule has 1 amide bonds. The van der Waals surface area contributed by atoms with Crippen LogP contribution in [0.5, 0.6) is 0 Å². The number of hydrogen-bond acceptors (Lipinski definition) is 3. The molecule has 0 aromatic carbocycles. The van der Waals surface area contributed by atoms with Crippen molar-refractivity contribution < 1.29 is 4.79 Å². The van der Waals surface area contributed by atoms with Crippen LogP contribution in [0.1, 0.15) is 45.4 Å². The molecule has 1 saturated heterocycles. The second kappa shape index (κ2) is 7.25. The fourth-order valence-corrected chi connectivity index (χ4v) is 3.35. The standard InChI is InChI=1S/C15H29N3O/c1-2-18-8-7-13(11-18)10-17-15(19)9-12-3-5-14(16)6-4-12/h12-14H,2-11,16H2,1H3,(H,17,19). The molecule has 0 aromatic rings. The molecule has 0 aromatic heterocycles. The summed E-state index contributed by atoms with van der Waals surface area (Å²) in [6.45, 7) is 6.54. The zero-order valence-corrected chi connectivity index (χ0v) is 12.2. The van der Waals surface area contributed by atoms with Gasteiger partial charge >= 0.3 is 0 Å². The summed E-state index contributed by atoms with van der Waals surface area (Å²) >= 11 is 0. The van der Waals surface area contributed by atoms with Crippen molar-refractivity contribution in [2.45, 2.75) is 51.5 Å². The summed E-state index contributed by atoms with van der Waals surface area (Å²) in [6, 6.07) is 0.373. The van der Waals surface area contributed by atoms with E-state index in [0.29, 0.717) is 24.3 Å². The summed E-state index contributed by atoms with van der Waals surface area (Å²) in [7, 11) is 0. The molecule has 1 unspecified atom stereocenters. The molecule has 3 N–H and O–H groups in total. The Labute approximate surface area is 117 Å². The topological polar surface area (TPSA) is 58.4 Å². The molecule has 1 aliphatic heterocycles. The van der Waals surface area contributed by atoms with Crippen LogP contribution in [0.3, 0.4) is 0 Å². The van der Waals surface area contributed by atoms with Gasteiger partial charge < -0.3 is 16.0 Å². The predicted molar refractivity (Wildman–Crippen MR) is 77.8 cm³/mol. The van der Waals surface area contributed by atoms with Crippen LogP contribution < -0.4 is 11.1 Å². The average Bonchev–Trinajstić information content (AvgIpc) is 2.87. The van der Waals surface area contributed by atoms with Gasteiger partial charge in [-0.15, -0.1) is 0 Å². The van der Waals surface area contributed by atoms with E-state index in [0.717, 1.165) is 45.3 Å². The third-order valence-corrected chi connectivity index (χ3v) is 4.77. The maximum atomic E-state index is 11.9. The Bertz CT molecular complexity index is 287. The molecule has 0 spiro atoms. The van der Waals surface area contributed by atoms with Crippen molar-refractivity contribution in [2.24, 2.45) is 17.6 Å². The molecule has 2 rings (SSSR count). The molecule has 0 bridgehead atoms. The molecule has 1 atom stereocenters. The number of hydrogen-bond donors (Lipinski definition) is 2. The minimum atomic E-state index is 0.246. The molecule has 2 aliphatic rings. The molecule has 1 aliphatic carbocycles. The maximum absolute atomic E-state index is 11.9. The Morgan fingerprint density at radius 3 is 2.58 bits per heavy atom. The number of rotatable bonds is 5. The molecule has 4 heteroatoms. The SMILES string of the molecule is CCN1CCC(CNC(=O)CC2CCC(N)CC2)C1. The van der Waals surface area contributed by atoms with E-state index in [-0.39, 0.29) is 5.91 Å². The second-order valence-electron chi connectivity index (χ2n) is 6.34. The van der Waals surface area contributed by atoms with Gasteiger partial charge in [0.15, 0.2) is 0 Å². The van der Waals surface area contributed by atoms with Crippen LogP contribution >= 0.6 is 0 Å². The number of likely N-dealkylation sites (tertiary alicyclic amines) is 1. The number of carbonyl (C=O) groups is 1. The van der Waals surface area contributed by atoms with Crippen LogP contribution in [0.15, 0.2) is 0 Å². The fraction of sp³-hybridized carbons (Fsp3) is 0.933. The number of nitrogens with one attached hydrogen (secondary N) is 1. The summed E-state index contributed by atoms with van der Waals surface area (Å²) < 4.78 is 0. The number of carbonyl (C=O) groups excluding carboxylic acids is 1. The van der Waals surface area contributed by atoms with Gasteiger partial charge in [0.2, 0.25) is 5.91 Å². The second-order valence-corrected chi connectivity index (χ2v) is 6.34. The first-order chi connectivity index (χ1) is 9.17. The first-order valence-corrected chi connectivity index (χ1v) is 7.92. The molecular formula is C15H29N3O. The Balaban J connectivity index is 1.60. The van der Waals surface area contributed by atoms with E-state index < -0.39 is 0 Å². The van der Waals surface area contributed by atoms with E-state index in [1.165, 1.54) is 13.0 Å². The van der Waals surface area contributed by atoms with Crippen molar-refractivity contribution in [2.75, 3.05) is 26.2 Å². The Morgan fingerprint density at radius 2 is 1.95 bits per heavy atom. The molecular weight excluding hydrogens is 238 g/mol. The summed E-state index contributed by atoms with van der Waals surface area (Å²) in [4.78, 5) is 14.4. The van der Waals surface area contributed by atoms with Crippen LogP contribution in [0, 0.1) is 11.8 Å². The van der Waals surface area contributed by atoms with E-state index in [9.17, 15) is 4.79 Å². The van der Waals surface area contributed by atoms with Crippen LogP contribution in [0.25, 0.3) is 0 Å². The molecule has 0 radical (unpaired) electrons. The average molecular weight is 267 g/mol. The maximum Gasteiger partial charge on any atom is 0.220 e. The highest BCUT2D eigenvalue weighted by Crippen LogP contribution is 2.25. The highest BCUT2D eigenvalue weighted by atomic mass is 16.1. The Hall–Kier alpha value is -0.610. The number of nitrogens with zero attached hydrogens (tertiary/aromatic N) is 1. The Kier molecular flexibility index (Phi) is 5.64. The van der Waals surface area contributed by atoms with Gasteiger partial charge in [-0.3, -0.25) is 4.79 Å². The first kappa shape index (κ1) is 14.8. The van der Waals surface area contributed by atoms with Gasteiger partial charge in [-0.1, -0.05) is 6.92 Å². The molecule has 110 valence electrons. The minimum Gasteiger partial charge on any atom is -0.356 e. The van der Waals surface area contributed by atoms with Gasteiger partial charge in [-0.2, -0.15) is 0 Å². The molecule has 1 heterocycles. The van der Waals surface area contributed by atoms with Gasteiger partial charge in [-0.05, 0) is 57.0 Å². The van der Waals surface area contributed by atoms with E-state index in [2.05, 4.69) is 17.1 Å². The normalized spacial score (nSPS) is 32.4. The lowest BCUT2D eigenvalue weighted by atomic mass is 9.84. The largest absolute Gasteiger partial charge is 0.356 e. The van der Waals surface area contributed by atoms with Crippen molar-refractivity contribution >= 4 is 5.91 Å². The highest BCUT2D eigenvalue weighted by Gasteiger charge is 2.23. The monoisotopic (exact) mass is 267 g/mol. The third kappa shape index (κ3) is 4.77. The van der Waals surface area contributed by atoms with Gasteiger partial charge in [0, 0.05) is 25.6 Å². The van der Waals surface area contributed by atoms with E-state index in [1.54, 1.807) is 0 Å². The van der Waals surface area contributed by atoms with Crippen molar-refractivity contribution in [3.8, 4) is 0 Å². The summed E-state index contributed by atoms with van der Waals surface area (Å²) in [5, 5.41) is 3.13. The van der Waals surface area contributed by atoms with Gasteiger partial charge in [-0.25, -0.2) is 0 Å². The lowest BCUT2D eigenvalue weighted by molar-refractivity contribution is -0.122. The lowest BCUT2D eigenvalue weighted by Gasteiger charge is -2.25. The van der Waals surface area contributed by atoms with Gasteiger partial charge in [0.1, 0.15) is 0 Å². The van der Waals surface area contributed by atoms with Crippen molar-refractivity contribution in [1.82, 2.24) is 10.2 Å². The predicted octanol–water partition coefficient (Wildman–Crippen LogP) is 1.35. The highest BCUT2D eigenvalue weighted by molar-refractivity contribution is 5.76. The number of nitrogens with two attached hydrogens (primary N) is 1. The minimum absolute atomic E-state index is 0.246. The fourth-order valence-electron chi connectivity index (χ4n) is 3.35. The van der Waals surface area contributed by atoms with Crippen LogP contribution in [-0.4, -0.2) is 43.0 Å². The first-order valence-electron chi connectivity index (χ1n) is 7.92. The smallest absolute Gasteiger partial charge is 0.220 e. The molecule has 4 nitrogen and oxygen atoms in total. The summed E-state index contributed by atoms with van der Waals surface area (Å²) in [5.41, 5.74) is 5.89. The lowest BCUT2D eigenvalue weighted by Crippen LogP contribution is -2.33. The third-order valence-electron chi connectivity index (χ3n) is 4.77. The van der Waals surface area contributed by atoms with Crippen molar-refractivity contribution in [3.05, 3.63) is 0 Å². The van der Waals surface area contributed by atoms with Gasteiger partial charge in [0.05, 0.1) is 0 Å². The summed E-state index contributed by atoms with van der Waals surface area (Å²) in [6.07, 6.45) is 6.37. The molecule has 1 saturated carbocycles. The van der Waals surface area contributed by atoms with E-state index in [1.807, 2.05) is 0 Å². The summed E-state index contributed by atoms with van der Waals surface area (Å²) in [5.74, 6) is 1.47. The van der Waals surface area contributed by atoms with Gasteiger partial charge in [0.25, 0.3) is 0 Å². The van der Waals surface area contributed by atoms with Crippen LogP contribution in [0.2, 0.25) is 0 Å². The Morgan fingerprint density at radius 1 is 1.21 bits per heavy atom. The zero-order valence-electron chi connectivity index (χ0n) is 12.2. The van der Waals surface area contributed by atoms with Crippen LogP contribution in [0.4, 0.5) is 0 Å². The van der Waals surface area contributed by atoms with E-state index >= 15 is 0 Å². The van der Waals surface area contributed by atoms with E-state index in [4.69, 9.17) is 5.73 Å². The van der Waals surface area contributed by atoms with Crippen molar-refractivity contribution in [3.63, 3.8) is 0 Å². The quantitative estimate of drug-likeness (QED) is 0.790. The molecule has 19 heavy (non-hydrogen) atoms. The number of amides is 1.